The summed E-state index contributed by atoms with van der Waals surface area (Å²) in [5.74, 6) is 0.798. The van der Waals surface area contributed by atoms with Gasteiger partial charge in [0.25, 0.3) is 0 Å². The first-order valence-electron chi connectivity index (χ1n) is 5.88. The van der Waals surface area contributed by atoms with E-state index in [-0.39, 0.29) is 0 Å². The highest BCUT2D eigenvalue weighted by Gasteiger charge is 2.17. The van der Waals surface area contributed by atoms with Gasteiger partial charge in [0, 0.05) is 12.7 Å². The molecule has 0 bridgehead atoms. The normalized spacial score (nSPS) is 21.9. The van der Waals surface area contributed by atoms with Gasteiger partial charge in [-0.1, -0.05) is 0 Å². The quantitative estimate of drug-likeness (QED) is 0.798. The summed E-state index contributed by atoms with van der Waals surface area (Å²) in [7, 11) is 2.06. The van der Waals surface area contributed by atoms with E-state index in [1.54, 1.807) is 0 Å². The SMILES string of the molecule is Cc1nn(C)c(CC2CCCNC2)c1C. The van der Waals surface area contributed by atoms with E-state index in [0.29, 0.717) is 0 Å². The Hall–Kier alpha value is -0.830. The average Bonchev–Trinajstić information content (AvgIpc) is 2.47. The molecule has 2 heterocycles. The lowest BCUT2D eigenvalue weighted by atomic mass is 9.93. The maximum absolute atomic E-state index is 4.47. The van der Waals surface area contributed by atoms with Crippen LogP contribution in [0, 0.1) is 19.8 Å². The lowest BCUT2D eigenvalue weighted by molar-refractivity contribution is 0.369. The van der Waals surface area contributed by atoms with E-state index in [4.69, 9.17) is 0 Å². The van der Waals surface area contributed by atoms with Gasteiger partial charge in [-0.2, -0.15) is 5.10 Å². The summed E-state index contributed by atoms with van der Waals surface area (Å²) in [4.78, 5) is 0. The first-order chi connectivity index (χ1) is 7.18. The van der Waals surface area contributed by atoms with Gasteiger partial charge in [-0.25, -0.2) is 0 Å². The van der Waals surface area contributed by atoms with Crippen LogP contribution in [0.15, 0.2) is 0 Å². The molecule has 0 aromatic carbocycles. The zero-order chi connectivity index (χ0) is 10.8. The van der Waals surface area contributed by atoms with E-state index in [9.17, 15) is 0 Å². The van der Waals surface area contributed by atoms with Crippen molar-refractivity contribution in [3.8, 4) is 0 Å². The predicted octanol–water partition coefficient (Wildman–Crippen LogP) is 1.58. The lowest BCUT2D eigenvalue weighted by Crippen LogP contribution is -2.31. The van der Waals surface area contributed by atoms with E-state index < -0.39 is 0 Å². The highest BCUT2D eigenvalue weighted by atomic mass is 15.3. The van der Waals surface area contributed by atoms with Crippen LogP contribution in [0.3, 0.4) is 0 Å². The van der Waals surface area contributed by atoms with Gasteiger partial charge in [0.2, 0.25) is 0 Å². The Morgan fingerprint density at radius 3 is 2.80 bits per heavy atom. The molecule has 0 saturated carbocycles. The van der Waals surface area contributed by atoms with Gasteiger partial charge in [0.15, 0.2) is 0 Å². The summed E-state index contributed by atoms with van der Waals surface area (Å²) in [5.41, 5.74) is 3.97. The van der Waals surface area contributed by atoms with Crippen LogP contribution in [0.2, 0.25) is 0 Å². The first kappa shape index (κ1) is 10.7. The molecule has 84 valence electrons. The minimum atomic E-state index is 0.798. The maximum atomic E-state index is 4.47. The topological polar surface area (TPSA) is 29.9 Å². The van der Waals surface area contributed by atoms with Gasteiger partial charge in [-0.15, -0.1) is 0 Å². The van der Waals surface area contributed by atoms with Gasteiger partial charge >= 0.3 is 0 Å². The van der Waals surface area contributed by atoms with Gasteiger partial charge in [-0.3, -0.25) is 4.68 Å². The number of nitrogens with zero attached hydrogens (tertiary/aromatic N) is 2. The van der Waals surface area contributed by atoms with Crippen LogP contribution in [-0.2, 0) is 13.5 Å². The summed E-state index contributed by atoms with van der Waals surface area (Å²) in [5, 5.41) is 7.94. The number of nitrogens with one attached hydrogen (secondary N) is 1. The van der Waals surface area contributed by atoms with Crippen molar-refractivity contribution in [2.45, 2.75) is 33.1 Å². The van der Waals surface area contributed by atoms with Crippen molar-refractivity contribution < 1.29 is 0 Å². The molecule has 1 unspecified atom stereocenters. The third kappa shape index (κ3) is 2.23. The van der Waals surface area contributed by atoms with Crippen molar-refractivity contribution in [2.24, 2.45) is 13.0 Å². The van der Waals surface area contributed by atoms with Gasteiger partial charge in [-0.05, 0) is 57.7 Å². The Balaban J connectivity index is 2.09. The van der Waals surface area contributed by atoms with Crippen LogP contribution in [0.4, 0.5) is 0 Å². The van der Waals surface area contributed by atoms with Crippen LogP contribution >= 0.6 is 0 Å². The van der Waals surface area contributed by atoms with Gasteiger partial charge < -0.3 is 5.32 Å². The first-order valence-corrected chi connectivity index (χ1v) is 5.88. The zero-order valence-electron chi connectivity index (χ0n) is 10.0. The molecule has 0 amide bonds. The molecule has 1 N–H and O–H groups in total. The minimum Gasteiger partial charge on any atom is -0.316 e. The summed E-state index contributed by atoms with van der Waals surface area (Å²) in [6.45, 7) is 6.65. The molecule has 1 saturated heterocycles. The Kier molecular flexibility index (Phi) is 3.10. The van der Waals surface area contributed by atoms with Crippen molar-refractivity contribution in [3.05, 3.63) is 17.0 Å². The molecular formula is C12H21N3. The number of aryl methyl sites for hydroxylation is 2. The molecule has 1 aliphatic rings. The smallest absolute Gasteiger partial charge is 0.0625 e. The fourth-order valence-electron chi connectivity index (χ4n) is 2.47. The highest BCUT2D eigenvalue weighted by Crippen LogP contribution is 2.20. The van der Waals surface area contributed by atoms with Crippen molar-refractivity contribution in [1.82, 2.24) is 15.1 Å². The predicted molar refractivity (Wildman–Crippen MR) is 62.0 cm³/mol. The van der Waals surface area contributed by atoms with E-state index in [1.807, 2.05) is 0 Å². The van der Waals surface area contributed by atoms with Crippen LogP contribution in [0.25, 0.3) is 0 Å². The fraction of sp³-hybridized carbons (Fsp3) is 0.750. The Morgan fingerprint density at radius 2 is 2.27 bits per heavy atom. The molecule has 1 atom stereocenters. The second kappa shape index (κ2) is 4.35. The third-order valence-electron chi connectivity index (χ3n) is 3.55. The molecule has 1 aliphatic heterocycles. The maximum Gasteiger partial charge on any atom is 0.0625 e. The van der Waals surface area contributed by atoms with E-state index in [2.05, 4.69) is 36.0 Å². The number of hydrogen-bond acceptors (Lipinski definition) is 2. The largest absolute Gasteiger partial charge is 0.316 e. The molecule has 2 rings (SSSR count). The summed E-state index contributed by atoms with van der Waals surface area (Å²) >= 11 is 0. The van der Waals surface area contributed by atoms with E-state index in [1.165, 1.54) is 49.3 Å². The summed E-state index contributed by atoms with van der Waals surface area (Å²) in [6.07, 6.45) is 3.85. The number of hydrogen-bond donors (Lipinski definition) is 1. The second-order valence-electron chi connectivity index (χ2n) is 4.70. The van der Waals surface area contributed by atoms with E-state index in [0.717, 1.165) is 5.92 Å². The van der Waals surface area contributed by atoms with Crippen molar-refractivity contribution in [1.29, 1.82) is 0 Å². The third-order valence-corrected chi connectivity index (χ3v) is 3.55. The molecule has 1 aromatic heterocycles. The molecular weight excluding hydrogens is 186 g/mol. The molecule has 1 aromatic rings. The molecule has 3 nitrogen and oxygen atoms in total. The van der Waals surface area contributed by atoms with Crippen LogP contribution < -0.4 is 5.32 Å². The van der Waals surface area contributed by atoms with Crippen molar-refractivity contribution in [2.75, 3.05) is 13.1 Å². The molecule has 0 radical (unpaired) electrons. The van der Waals surface area contributed by atoms with E-state index >= 15 is 0 Å². The zero-order valence-corrected chi connectivity index (χ0v) is 10.0. The lowest BCUT2D eigenvalue weighted by Gasteiger charge is -2.22. The average molecular weight is 207 g/mol. The molecule has 3 heteroatoms. The second-order valence-corrected chi connectivity index (χ2v) is 4.70. The van der Waals surface area contributed by atoms with Gasteiger partial charge in [0.05, 0.1) is 5.69 Å². The highest BCUT2D eigenvalue weighted by molar-refractivity contribution is 5.24. The molecule has 15 heavy (non-hydrogen) atoms. The Bertz CT molecular complexity index is 335. The summed E-state index contributed by atoms with van der Waals surface area (Å²) < 4.78 is 2.05. The summed E-state index contributed by atoms with van der Waals surface area (Å²) in [6, 6.07) is 0. The molecule has 0 aliphatic carbocycles. The Labute approximate surface area is 91.9 Å². The number of piperidine rings is 1. The van der Waals surface area contributed by atoms with Gasteiger partial charge in [0.1, 0.15) is 0 Å². The molecule has 0 spiro atoms. The van der Waals surface area contributed by atoms with Crippen LogP contribution in [0.5, 0.6) is 0 Å². The van der Waals surface area contributed by atoms with Crippen LogP contribution in [0.1, 0.15) is 29.8 Å². The molecule has 1 fully saturated rings. The number of aromatic nitrogens is 2. The monoisotopic (exact) mass is 207 g/mol. The number of rotatable bonds is 2. The fourth-order valence-corrected chi connectivity index (χ4v) is 2.47. The minimum absolute atomic E-state index is 0.798. The van der Waals surface area contributed by atoms with Crippen LogP contribution in [-0.4, -0.2) is 22.9 Å². The standard InChI is InChI=1S/C12H21N3/c1-9-10(2)14-15(3)12(9)7-11-5-4-6-13-8-11/h11,13H,4-8H2,1-3H3. The van der Waals surface area contributed by atoms with Crippen molar-refractivity contribution in [3.63, 3.8) is 0 Å². The van der Waals surface area contributed by atoms with Crippen molar-refractivity contribution >= 4 is 0 Å². The Morgan fingerprint density at radius 1 is 1.47 bits per heavy atom.